The van der Waals surface area contributed by atoms with Crippen molar-refractivity contribution in [2.45, 2.75) is 56.7 Å². The molecule has 7 heteroatoms. The molecule has 1 saturated carbocycles. The highest BCUT2D eigenvalue weighted by Gasteiger charge is 2.26. The number of carbonyl (C=O) groups excluding carboxylic acids is 1. The largest absolute Gasteiger partial charge is 0.394 e. The molecular formula is C22H29N3O3S. The Bertz CT molecular complexity index is 819. The minimum atomic E-state index is -0.0294. The second-order valence-electron chi connectivity index (χ2n) is 7.99. The summed E-state index contributed by atoms with van der Waals surface area (Å²) in [7, 11) is 1.76. The molecule has 4 rings (SSSR count). The average molecular weight is 416 g/mol. The number of aliphatic hydroxyl groups is 1. The summed E-state index contributed by atoms with van der Waals surface area (Å²) in [5, 5.41) is 13.0. The monoisotopic (exact) mass is 415 g/mol. The zero-order valence-corrected chi connectivity index (χ0v) is 17.7. The van der Waals surface area contributed by atoms with Crippen LogP contribution < -0.4 is 10.2 Å². The summed E-state index contributed by atoms with van der Waals surface area (Å²) in [6, 6.07) is 6.35. The predicted octanol–water partition coefficient (Wildman–Crippen LogP) is 3.46. The highest BCUT2D eigenvalue weighted by atomic mass is 32.1. The summed E-state index contributed by atoms with van der Waals surface area (Å²) < 4.78 is 5.44. The summed E-state index contributed by atoms with van der Waals surface area (Å²) in [6.07, 6.45) is 8.06. The number of aliphatic hydroxyl groups excluding tert-OH is 1. The topological polar surface area (TPSA) is 74.7 Å². The molecule has 2 fully saturated rings. The van der Waals surface area contributed by atoms with Gasteiger partial charge in [-0.2, -0.15) is 0 Å². The number of hydrogen-bond donors (Lipinski definition) is 2. The summed E-state index contributed by atoms with van der Waals surface area (Å²) >= 11 is 1.57. The molecule has 1 aromatic heterocycles. The van der Waals surface area contributed by atoms with Gasteiger partial charge in [0.25, 0.3) is 5.91 Å². The molecule has 2 N–H and O–H groups in total. The number of amides is 1. The third kappa shape index (κ3) is 4.63. The van der Waals surface area contributed by atoms with E-state index in [2.05, 4.69) is 21.3 Å². The third-order valence-corrected chi connectivity index (χ3v) is 6.98. The number of anilines is 1. The lowest BCUT2D eigenvalue weighted by Gasteiger charge is -2.29. The zero-order valence-electron chi connectivity index (χ0n) is 16.8. The Morgan fingerprint density at radius 3 is 2.79 bits per heavy atom. The van der Waals surface area contributed by atoms with Gasteiger partial charge in [-0.1, -0.05) is 0 Å². The first-order chi connectivity index (χ1) is 14.2. The van der Waals surface area contributed by atoms with E-state index in [1.165, 1.54) is 0 Å². The van der Waals surface area contributed by atoms with Crippen LogP contribution >= 0.6 is 11.3 Å². The Morgan fingerprint density at radius 2 is 2.10 bits per heavy atom. The Morgan fingerprint density at radius 1 is 1.28 bits per heavy atom. The van der Waals surface area contributed by atoms with Crippen molar-refractivity contribution >= 4 is 22.9 Å². The lowest BCUT2D eigenvalue weighted by atomic mass is 9.92. The van der Waals surface area contributed by atoms with Crippen LogP contribution in [0.2, 0.25) is 0 Å². The summed E-state index contributed by atoms with van der Waals surface area (Å²) in [5.74, 6) is -0.0294. The molecule has 0 bridgehead atoms. The number of hydrogen-bond acceptors (Lipinski definition) is 6. The minimum Gasteiger partial charge on any atom is -0.394 e. The van der Waals surface area contributed by atoms with Crippen molar-refractivity contribution < 1.29 is 14.6 Å². The van der Waals surface area contributed by atoms with E-state index in [0.717, 1.165) is 61.2 Å². The van der Waals surface area contributed by atoms with E-state index in [0.29, 0.717) is 11.7 Å². The standard InChI is InChI=1S/C22H29N3O3S/c1-28-20-6-4-17(5-7-20)24-22(27)16-9-15(21-12-23-14-29-21)10-19(11-16)25-8-2-3-18(25)13-26/h9-12,14,17-18,20,26H,2-8,13H2,1H3,(H,24,27)/t17?,18-,20?/m1/s1. The van der Waals surface area contributed by atoms with Crippen LogP contribution in [-0.4, -0.2) is 54.4 Å². The van der Waals surface area contributed by atoms with E-state index in [1.54, 1.807) is 18.4 Å². The SMILES string of the molecule is COC1CCC(NC(=O)c2cc(-c3cncs3)cc(N3CCC[C@@H]3CO)c2)CC1. The van der Waals surface area contributed by atoms with Crippen molar-refractivity contribution in [3.63, 3.8) is 0 Å². The van der Waals surface area contributed by atoms with E-state index >= 15 is 0 Å². The van der Waals surface area contributed by atoms with Crippen molar-refractivity contribution in [2.24, 2.45) is 0 Å². The van der Waals surface area contributed by atoms with Crippen LogP contribution in [0, 0.1) is 0 Å². The fourth-order valence-corrected chi connectivity index (χ4v) is 5.10. The smallest absolute Gasteiger partial charge is 0.251 e. The molecule has 29 heavy (non-hydrogen) atoms. The molecule has 6 nitrogen and oxygen atoms in total. The van der Waals surface area contributed by atoms with Gasteiger partial charge in [-0.15, -0.1) is 11.3 Å². The lowest BCUT2D eigenvalue weighted by Crippen LogP contribution is -2.39. The maximum absolute atomic E-state index is 13.1. The van der Waals surface area contributed by atoms with Gasteiger partial charge >= 0.3 is 0 Å². The summed E-state index contributed by atoms with van der Waals surface area (Å²) in [5.41, 5.74) is 4.48. The van der Waals surface area contributed by atoms with E-state index < -0.39 is 0 Å². The molecule has 0 radical (unpaired) electrons. The van der Waals surface area contributed by atoms with Crippen LogP contribution in [0.4, 0.5) is 5.69 Å². The Kier molecular flexibility index (Phi) is 6.47. The highest BCUT2D eigenvalue weighted by molar-refractivity contribution is 7.13. The van der Waals surface area contributed by atoms with Crippen molar-refractivity contribution in [3.05, 3.63) is 35.5 Å². The van der Waals surface area contributed by atoms with E-state index in [4.69, 9.17) is 4.74 Å². The molecule has 1 amide bonds. The summed E-state index contributed by atoms with van der Waals surface area (Å²) in [4.78, 5) is 20.5. The number of nitrogens with one attached hydrogen (secondary N) is 1. The number of ether oxygens (including phenoxy) is 1. The van der Waals surface area contributed by atoms with Crippen LogP contribution in [0.5, 0.6) is 0 Å². The number of methoxy groups -OCH3 is 1. The van der Waals surface area contributed by atoms with E-state index in [9.17, 15) is 9.90 Å². The van der Waals surface area contributed by atoms with Crippen LogP contribution in [0.1, 0.15) is 48.9 Å². The predicted molar refractivity (Wildman–Crippen MR) is 116 cm³/mol. The molecular weight excluding hydrogens is 386 g/mol. The van der Waals surface area contributed by atoms with Gasteiger partial charge in [0.05, 0.1) is 29.1 Å². The molecule has 2 aromatic rings. The molecule has 1 aliphatic heterocycles. The van der Waals surface area contributed by atoms with Crippen molar-refractivity contribution in [1.29, 1.82) is 0 Å². The van der Waals surface area contributed by atoms with E-state index in [1.807, 2.05) is 23.8 Å². The quantitative estimate of drug-likeness (QED) is 0.756. The Balaban J connectivity index is 1.57. The molecule has 2 aliphatic rings. The number of thiazole rings is 1. The number of benzene rings is 1. The molecule has 1 saturated heterocycles. The molecule has 0 unspecified atom stereocenters. The molecule has 0 spiro atoms. The number of carbonyl (C=O) groups is 1. The van der Waals surface area contributed by atoms with Gasteiger partial charge in [-0.05, 0) is 62.3 Å². The fraction of sp³-hybridized carbons (Fsp3) is 0.545. The number of rotatable bonds is 6. The second-order valence-corrected chi connectivity index (χ2v) is 8.88. The molecule has 1 aromatic carbocycles. The lowest BCUT2D eigenvalue weighted by molar-refractivity contribution is 0.0599. The minimum absolute atomic E-state index is 0.0294. The van der Waals surface area contributed by atoms with Crippen LogP contribution in [0.15, 0.2) is 29.9 Å². The maximum atomic E-state index is 13.1. The molecule has 2 heterocycles. The highest BCUT2D eigenvalue weighted by Crippen LogP contribution is 2.33. The third-order valence-electron chi connectivity index (χ3n) is 6.16. The van der Waals surface area contributed by atoms with Crippen molar-refractivity contribution in [1.82, 2.24) is 10.3 Å². The normalized spacial score (nSPS) is 24.6. The van der Waals surface area contributed by atoms with Gasteiger partial charge in [0.2, 0.25) is 0 Å². The first kappa shape index (κ1) is 20.3. The van der Waals surface area contributed by atoms with Crippen LogP contribution in [0.25, 0.3) is 10.4 Å². The number of nitrogens with zero attached hydrogens (tertiary/aromatic N) is 2. The van der Waals surface area contributed by atoms with Gasteiger partial charge in [0.15, 0.2) is 0 Å². The molecule has 1 atom stereocenters. The first-order valence-electron chi connectivity index (χ1n) is 10.4. The Labute approximate surface area is 175 Å². The van der Waals surface area contributed by atoms with Gasteiger partial charge in [-0.25, -0.2) is 0 Å². The van der Waals surface area contributed by atoms with Crippen molar-refractivity contribution in [2.75, 3.05) is 25.2 Å². The molecule has 1 aliphatic carbocycles. The van der Waals surface area contributed by atoms with Crippen molar-refractivity contribution in [3.8, 4) is 10.4 Å². The van der Waals surface area contributed by atoms with Gasteiger partial charge in [-0.3, -0.25) is 9.78 Å². The first-order valence-corrected chi connectivity index (χ1v) is 11.3. The zero-order chi connectivity index (χ0) is 20.2. The van der Waals surface area contributed by atoms with Crippen LogP contribution in [-0.2, 0) is 4.74 Å². The van der Waals surface area contributed by atoms with E-state index in [-0.39, 0.29) is 24.6 Å². The number of aromatic nitrogens is 1. The summed E-state index contributed by atoms with van der Waals surface area (Å²) in [6.45, 7) is 1.04. The Hall–Kier alpha value is -1.96. The second kappa shape index (κ2) is 9.24. The molecule has 156 valence electrons. The maximum Gasteiger partial charge on any atom is 0.251 e. The van der Waals surface area contributed by atoms with Gasteiger partial charge in [0.1, 0.15) is 0 Å². The van der Waals surface area contributed by atoms with Gasteiger partial charge in [0, 0.05) is 37.1 Å². The average Bonchev–Trinajstić information content (AvgIpc) is 3.46. The fourth-order valence-electron chi connectivity index (χ4n) is 4.49. The van der Waals surface area contributed by atoms with Gasteiger partial charge < -0.3 is 20.1 Å². The van der Waals surface area contributed by atoms with Crippen LogP contribution in [0.3, 0.4) is 0 Å².